The quantitative estimate of drug-likeness (QED) is 0.641. The van der Waals surface area contributed by atoms with Gasteiger partial charge in [-0.05, 0) is 12.8 Å². The number of methoxy groups -OCH3 is 1. The summed E-state index contributed by atoms with van der Waals surface area (Å²) in [6.45, 7) is 6.02. The van der Waals surface area contributed by atoms with E-state index in [1.165, 1.54) is 7.11 Å². The molecule has 1 atom stereocenters. The zero-order valence-electron chi connectivity index (χ0n) is 8.79. The van der Waals surface area contributed by atoms with Crippen molar-refractivity contribution in [1.29, 1.82) is 0 Å². The number of esters is 1. The second-order valence-corrected chi connectivity index (χ2v) is 3.35. The van der Waals surface area contributed by atoms with Gasteiger partial charge < -0.3 is 15.2 Å². The van der Waals surface area contributed by atoms with Crippen molar-refractivity contribution in [2.24, 2.45) is 11.7 Å². The molecule has 0 aromatic carbocycles. The van der Waals surface area contributed by atoms with Crippen molar-refractivity contribution in [3.8, 4) is 0 Å². The molecule has 0 aliphatic carbocycles. The number of carbonyl (C=O) groups excluding carboxylic acids is 1. The van der Waals surface area contributed by atoms with Gasteiger partial charge >= 0.3 is 5.97 Å². The number of ether oxygens (including phenoxy) is 2. The number of hydrogen-bond acceptors (Lipinski definition) is 4. The molecule has 0 rings (SSSR count). The molecule has 0 aliphatic rings. The van der Waals surface area contributed by atoms with Crippen molar-refractivity contribution in [2.75, 3.05) is 20.3 Å². The van der Waals surface area contributed by atoms with Crippen LogP contribution in [0, 0.1) is 5.92 Å². The largest absolute Gasteiger partial charge is 0.465 e. The fourth-order valence-electron chi connectivity index (χ4n) is 0.966. The summed E-state index contributed by atoms with van der Waals surface area (Å²) in [5.41, 5.74) is 4.86. The smallest absolute Gasteiger partial charge is 0.328 e. The van der Waals surface area contributed by atoms with Crippen LogP contribution in [0.25, 0.3) is 0 Å². The first-order valence-electron chi connectivity index (χ1n) is 4.44. The summed E-state index contributed by atoms with van der Waals surface area (Å²) in [5, 5.41) is 0. The maximum atomic E-state index is 11.5. The Kier molecular flexibility index (Phi) is 4.95. The summed E-state index contributed by atoms with van der Waals surface area (Å²) < 4.78 is 9.79. The van der Waals surface area contributed by atoms with Crippen molar-refractivity contribution >= 4 is 5.97 Å². The van der Waals surface area contributed by atoms with Crippen molar-refractivity contribution in [3.63, 3.8) is 0 Å². The van der Waals surface area contributed by atoms with E-state index in [4.69, 9.17) is 15.2 Å². The van der Waals surface area contributed by atoms with Gasteiger partial charge in [-0.25, -0.2) is 4.79 Å². The molecule has 0 bridgehead atoms. The molecule has 0 saturated heterocycles. The number of hydrogen-bond donors (Lipinski definition) is 1. The topological polar surface area (TPSA) is 61.5 Å². The van der Waals surface area contributed by atoms with Gasteiger partial charge in [0.15, 0.2) is 0 Å². The van der Waals surface area contributed by atoms with Crippen LogP contribution >= 0.6 is 0 Å². The van der Waals surface area contributed by atoms with E-state index in [0.717, 1.165) is 0 Å². The fourth-order valence-corrected chi connectivity index (χ4v) is 0.966. The second-order valence-electron chi connectivity index (χ2n) is 3.35. The normalized spacial score (nSPS) is 15.5. The van der Waals surface area contributed by atoms with E-state index in [9.17, 15) is 4.79 Å². The molecule has 0 fully saturated rings. The van der Waals surface area contributed by atoms with Crippen molar-refractivity contribution in [3.05, 3.63) is 0 Å². The Bertz CT molecular complexity index is 170. The van der Waals surface area contributed by atoms with Crippen LogP contribution in [0.15, 0.2) is 0 Å². The van der Waals surface area contributed by atoms with Crippen LogP contribution in [0.3, 0.4) is 0 Å². The van der Waals surface area contributed by atoms with E-state index in [2.05, 4.69) is 0 Å². The molecule has 2 N–H and O–H groups in total. The first-order chi connectivity index (χ1) is 5.99. The molecule has 13 heavy (non-hydrogen) atoms. The van der Waals surface area contributed by atoms with Crippen LogP contribution in [-0.2, 0) is 14.3 Å². The van der Waals surface area contributed by atoms with Gasteiger partial charge in [0.1, 0.15) is 5.54 Å². The second kappa shape index (κ2) is 5.19. The molecule has 4 nitrogen and oxygen atoms in total. The Morgan fingerprint density at radius 2 is 2.08 bits per heavy atom. The van der Waals surface area contributed by atoms with Gasteiger partial charge in [-0.2, -0.15) is 0 Å². The lowest BCUT2D eigenvalue weighted by atomic mass is 9.88. The van der Waals surface area contributed by atoms with E-state index >= 15 is 0 Å². The van der Waals surface area contributed by atoms with Gasteiger partial charge in [0, 0.05) is 7.11 Å². The highest BCUT2D eigenvalue weighted by Gasteiger charge is 2.38. The zero-order chi connectivity index (χ0) is 10.5. The van der Waals surface area contributed by atoms with E-state index in [1.54, 1.807) is 6.92 Å². The van der Waals surface area contributed by atoms with E-state index in [-0.39, 0.29) is 12.5 Å². The Balaban J connectivity index is 4.47. The first kappa shape index (κ1) is 12.4. The standard InChI is InChI=1S/C9H19NO3/c1-5-13-8(11)9(10,6-12-4)7(2)3/h7H,5-6,10H2,1-4H3. The average molecular weight is 189 g/mol. The van der Waals surface area contributed by atoms with Crippen molar-refractivity contribution in [1.82, 2.24) is 0 Å². The third-order valence-corrected chi connectivity index (χ3v) is 2.07. The highest BCUT2D eigenvalue weighted by Crippen LogP contribution is 2.16. The highest BCUT2D eigenvalue weighted by molar-refractivity contribution is 5.81. The summed E-state index contributed by atoms with van der Waals surface area (Å²) in [7, 11) is 1.52. The number of rotatable bonds is 5. The molecule has 0 radical (unpaired) electrons. The van der Waals surface area contributed by atoms with Gasteiger partial charge in [-0.1, -0.05) is 13.8 Å². The fraction of sp³-hybridized carbons (Fsp3) is 0.889. The molecule has 0 spiro atoms. The minimum atomic E-state index is -1.02. The van der Waals surface area contributed by atoms with Gasteiger partial charge in [-0.15, -0.1) is 0 Å². The first-order valence-corrected chi connectivity index (χ1v) is 4.44. The van der Waals surface area contributed by atoms with E-state index < -0.39 is 11.5 Å². The Morgan fingerprint density at radius 3 is 2.38 bits per heavy atom. The Labute approximate surface area is 79.4 Å². The molecule has 1 unspecified atom stereocenters. The summed E-state index contributed by atoms with van der Waals surface area (Å²) in [6.07, 6.45) is 0. The van der Waals surface area contributed by atoms with E-state index in [1.807, 2.05) is 13.8 Å². The van der Waals surface area contributed by atoms with Crippen molar-refractivity contribution in [2.45, 2.75) is 26.3 Å². The molecule has 78 valence electrons. The van der Waals surface area contributed by atoms with Gasteiger partial charge in [0.05, 0.1) is 13.2 Å². The van der Waals surface area contributed by atoms with E-state index in [0.29, 0.717) is 6.61 Å². The number of nitrogens with two attached hydrogens (primary N) is 1. The lowest BCUT2D eigenvalue weighted by Gasteiger charge is -2.29. The van der Waals surface area contributed by atoms with Gasteiger partial charge in [0.25, 0.3) is 0 Å². The SMILES string of the molecule is CCOC(=O)C(N)(COC)C(C)C. The predicted molar refractivity (Wildman–Crippen MR) is 50.3 cm³/mol. The molecular weight excluding hydrogens is 170 g/mol. The van der Waals surface area contributed by atoms with Gasteiger partial charge in [0.2, 0.25) is 0 Å². The minimum absolute atomic E-state index is 0.00787. The minimum Gasteiger partial charge on any atom is -0.465 e. The molecule has 4 heteroatoms. The van der Waals surface area contributed by atoms with Crippen LogP contribution in [0.4, 0.5) is 0 Å². The predicted octanol–water partition coefficient (Wildman–Crippen LogP) is 0.549. The molecule has 0 saturated carbocycles. The monoisotopic (exact) mass is 189 g/mol. The Hall–Kier alpha value is -0.610. The summed E-state index contributed by atoms with van der Waals surface area (Å²) in [4.78, 5) is 11.5. The third kappa shape index (κ3) is 2.97. The number of carbonyl (C=O) groups is 1. The zero-order valence-corrected chi connectivity index (χ0v) is 8.79. The molecular formula is C9H19NO3. The van der Waals surface area contributed by atoms with Crippen LogP contribution < -0.4 is 5.73 Å². The van der Waals surface area contributed by atoms with Crippen LogP contribution in [0.2, 0.25) is 0 Å². The third-order valence-electron chi connectivity index (χ3n) is 2.07. The van der Waals surface area contributed by atoms with Crippen molar-refractivity contribution < 1.29 is 14.3 Å². The van der Waals surface area contributed by atoms with Gasteiger partial charge in [-0.3, -0.25) is 0 Å². The lowest BCUT2D eigenvalue weighted by Crippen LogP contribution is -2.56. The maximum Gasteiger partial charge on any atom is 0.328 e. The van der Waals surface area contributed by atoms with Crippen LogP contribution in [0.1, 0.15) is 20.8 Å². The molecule has 0 aliphatic heterocycles. The summed E-state index contributed by atoms with van der Waals surface area (Å²) >= 11 is 0. The Morgan fingerprint density at radius 1 is 1.54 bits per heavy atom. The molecule has 0 aromatic rings. The molecule has 0 aromatic heterocycles. The van der Waals surface area contributed by atoms with Crippen LogP contribution in [-0.4, -0.2) is 31.8 Å². The average Bonchev–Trinajstić information content (AvgIpc) is 2.04. The summed E-state index contributed by atoms with van der Waals surface area (Å²) in [6, 6.07) is 0. The highest BCUT2D eigenvalue weighted by atomic mass is 16.5. The maximum absolute atomic E-state index is 11.5. The molecule has 0 amide bonds. The molecule has 0 heterocycles. The van der Waals surface area contributed by atoms with Crippen LogP contribution in [0.5, 0.6) is 0 Å². The summed E-state index contributed by atoms with van der Waals surface area (Å²) in [5.74, 6) is -0.404. The lowest BCUT2D eigenvalue weighted by molar-refractivity contribution is -0.154.